The Labute approximate surface area is 132 Å². The highest BCUT2D eigenvalue weighted by atomic mass is 32.2. The maximum Gasteiger partial charge on any atom is 0.191 e. The molecule has 112 valence electrons. The van der Waals surface area contributed by atoms with Crippen LogP contribution in [0.4, 0.5) is 0 Å². The van der Waals surface area contributed by atoms with Crippen molar-refractivity contribution < 1.29 is 4.79 Å². The Morgan fingerprint density at radius 2 is 2.09 bits per heavy atom. The molecule has 0 amide bonds. The van der Waals surface area contributed by atoms with Crippen LogP contribution in [0.1, 0.15) is 17.4 Å². The minimum atomic E-state index is 0.0473. The number of nitrogens with zero attached hydrogens (tertiary/aromatic N) is 4. The fourth-order valence-electron chi connectivity index (χ4n) is 2.11. The zero-order valence-electron chi connectivity index (χ0n) is 12.1. The molecule has 3 heterocycles. The van der Waals surface area contributed by atoms with Crippen LogP contribution in [-0.2, 0) is 6.54 Å². The van der Waals surface area contributed by atoms with Crippen LogP contribution in [0.2, 0.25) is 0 Å². The quantitative estimate of drug-likeness (QED) is 0.559. The van der Waals surface area contributed by atoms with Crippen molar-refractivity contribution in [1.82, 2.24) is 24.7 Å². The van der Waals surface area contributed by atoms with Gasteiger partial charge in [0.05, 0.1) is 11.4 Å². The van der Waals surface area contributed by atoms with Crippen molar-refractivity contribution >= 4 is 17.5 Å². The first kappa shape index (κ1) is 14.5. The van der Waals surface area contributed by atoms with Gasteiger partial charge in [0.1, 0.15) is 0 Å². The SMILES string of the molecule is CCn1c(SCC(=O)c2ccc[nH]2)nnc1-c1ccncc1. The van der Waals surface area contributed by atoms with Gasteiger partial charge < -0.3 is 9.55 Å². The summed E-state index contributed by atoms with van der Waals surface area (Å²) in [6.45, 7) is 2.77. The zero-order valence-corrected chi connectivity index (χ0v) is 12.9. The van der Waals surface area contributed by atoms with Gasteiger partial charge in [0, 0.05) is 30.7 Å². The van der Waals surface area contributed by atoms with Gasteiger partial charge in [-0.1, -0.05) is 11.8 Å². The molecule has 0 unspecified atom stereocenters. The first-order valence-corrected chi connectivity index (χ1v) is 7.91. The minimum Gasteiger partial charge on any atom is -0.359 e. The molecule has 0 aromatic carbocycles. The Bertz CT molecular complexity index is 752. The van der Waals surface area contributed by atoms with E-state index in [1.54, 1.807) is 24.7 Å². The summed E-state index contributed by atoms with van der Waals surface area (Å²) >= 11 is 1.40. The molecular weight excluding hydrogens is 298 g/mol. The highest BCUT2D eigenvalue weighted by Gasteiger charge is 2.15. The summed E-state index contributed by atoms with van der Waals surface area (Å²) in [4.78, 5) is 19.0. The Morgan fingerprint density at radius 1 is 1.27 bits per heavy atom. The summed E-state index contributed by atoms with van der Waals surface area (Å²) in [5.41, 5.74) is 1.58. The molecule has 3 aromatic heterocycles. The van der Waals surface area contributed by atoms with Crippen molar-refractivity contribution in [2.45, 2.75) is 18.6 Å². The number of rotatable bonds is 6. The molecule has 3 rings (SSSR count). The summed E-state index contributed by atoms with van der Waals surface area (Å²) in [6, 6.07) is 7.38. The zero-order chi connectivity index (χ0) is 15.4. The standard InChI is InChI=1S/C15H15N5OS/c1-2-20-14(11-5-8-16-9-6-11)18-19-15(20)22-10-13(21)12-4-3-7-17-12/h3-9,17H,2,10H2,1H3. The molecule has 0 fully saturated rings. The van der Waals surface area contributed by atoms with Gasteiger partial charge in [-0.3, -0.25) is 9.78 Å². The molecule has 0 saturated heterocycles. The van der Waals surface area contributed by atoms with E-state index in [0.29, 0.717) is 11.4 Å². The summed E-state index contributed by atoms with van der Waals surface area (Å²) in [7, 11) is 0. The van der Waals surface area contributed by atoms with Crippen molar-refractivity contribution in [1.29, 1.82) is 0 Å². The smallest absolute Gasteiger partial charge is 0.191 e. The summed E-state index contributed by atoms with van der Waals surface area (Å²) in [6.07, 6.45) is 5.20. The van der Waals surface area contributed by atoms with Crippen LogP contribution < -0.4 is 0 Å². The number of aromatic amines is 1. The van der Waals surface area contributed by atoms with E-state index in [0.717, 1.165) is 23.1 Å². The van der Waals surface area contributed by atoms with Gasteiger partial charge >= 0.3 is 0 Å². The average molecular weight is 313 g/mol. The molecule has 3 aromatic rings. The second kappa shape index (κ2) is 6.57. The molecule has 0 aliphatic heterocycles. The number of ketones is 1. The number of aromatic nitrogens is 5. The van der Waals surface area contributed by atoms with Crippen LogP contribution in [0.15, 0.2) is 48.0 Å². The monoisotopic (exact) mass is 313 g/mol. The third kappa shape index (κ3) is 2.94. The van der Waals surface area contributed by atoms with Crippen LogP contribution in [0.5, 0.6) is 0 Å². The van der Waals surface area contributed by atoms with Gasteiger partial charge in [-0.15, -0.1) is 10.2 Å². The molecule has 0 radical (unpaired) electrons. The lowest BCUT2D eigenvalue weighted by Gasteiger charge is -2.06. The topological polar surface area (TPSA) is 76.5 Å². The van der Waals surface area contributed by atoms with Gasteiger partial charge in [-0.2, -0.15) is 0 Å². The lowest BCUT2D eigenvalue weighted by Crippen LogP contribution is -2.05. The average Bonchev–Trinajstić information content (AvgIpc) is 3.22. The molecule has 0 atom stereocenters. The van der Waals surface area contributed by atoms with Crippen LogP contribution >= 0.6 is 11.8 Å². The number of carbonyl (C=O) groups is 1. The molecule has 0 saturated carbocycles. The molecule has 0 aliphatic rings. The largest absolute Gasteiger partial charge is 0.359 e. The Balaban J connectivity index is 1.78. The number of pyridine rings is 1. The fourth-order valence-corrected chi connectivity index (χ4v) is 2.99. The maximum absolute atomic E-state index is 12.0. The maximum atomic E-state index is 12.0. The Kier molecular flexibility index (Phi) is 4.34. The normalized spacial score (nSPS) is 10.8. The molecule has 1 N–H and O–H groups in total. The van der Waals surface area contributed by atoms with Crippen molar-refractivity contribution in [3.8, 4) is 11.4 Å². The molecule has 7 heteroatoms. The van der Waals surface area contributed by atoms with E-state index in [2.05, 4.69) is 20.2 Å². The second-order valence-corrected chi connectivity index (χ2v) is 5.52. The lowest BCUT2D eigenvalue weighted by atomic mass is 10.2. The van der Waals surface area contributed by atoms with E-state index in [1.807, 2.05) is 29.7 Å². The molecule has 0 aliphatic carbocycles. The number of thioether (sulfide) groups is 1. The van der Waals surface area contributed by atoms with Crippen molar-refractivity contribution in [2.24, 2.45) is 0 Å². The number of hydrogen-bond donors (Lipinski definition) is 1. The van der Waals surface area contributed by atoms with Crippen molar-refractivity contribution in [3.63, 3.8) is 0 Å². The van der Waals surface area contributed by atoms with Gasteiger partial charge in [0.15, 0.2) is 16.8 Å². The van der Waals surface area contributed by atoms with Crippen molar-refractivity contribution in [2.75, 3.05) is 5.75 Å². The van der Waals surface area contributed by atoms with Gasteiger partial charge in [0.25, 0.3) is 0 Å². The predicted molar refractivity (Wildman–Crippen MR) is 84.8 cm³/mol. The lowest BCUT2D eigenvalue weighted by molar-refractivity contribution is 0.101. The first-order chi connectivity index (χ1) is 10.8. The Morgan fingerprint density at radius 3 is 2.77 bits per heavy atom. The van der Waals surface area contributed by atoms with E-state index in [4.69, 9.17) is 0 Å². The summed E-state index contributed by atoms with van der Waals surface area (Å²) in [5, 5.41) is 9.20. The predicted octanol–water partition coefficient (Wildman–Crippen LogP) is 2.66. The van der Waals surface area contributed by atoms with Gasteiger partial charge in [0.2, 0.25) is 0 Å². The highest BCUT2D eigenvalue weighted by Crippen LogP contribution is 2.23. The minimum absolute atomic E-state index is 0.0473. The first-order valence-electron chi connectivity index (χ1n) is 6.92. The molecule has 0 bridgehead atoms. The molecule has 22 heavy (non-hydrogen) atoms. The van der Waals surface area contributed by atoms with Crippen LogP contribution in [0.25, 0.3) is 11.4 Å². The van der Waals surface area contributed by atoms with E-state index in [9.17, 15) is 4.79 Å². The van der Waals surface area contributed by atoms with Gasteiger partial charge in [-0.05, 0) is 31.2 Å². The Hall–Kier alpha value is -2.41. The highest BCUT2D eigenvalue weighted by molar-refractivity contribution is 7.99. The number of hydrogen-bond acceptors (Lipinski definition) is 5. The van der Waals surface area contributed by atoms with E-state index in [-0.39, 0.29) is 5.78 Å². The fraction of sp³-hybridized carbons (Fsp3) is 0.200. The third-order valence-electron chi connectivity index (χ3n) is 3.20. The number of carbonyl (C=O) groups excluding carboxylic acids is 1. The van der Waals surface area contributed by atoms with Crippen LogP contribution in [0.3, 0.4) is 0 Å². The van der Waals surface area contributed by atoms with Crippen LogP contribution in [0, 0.1) is 0 Å². The summed E-state index contributed by atoms with van der Waals surface area (Å²) in [5.74, 6) is 1.17. The summed E-state index contributed by atoms with van der Waals surface area (Å²) < 4.78 is 2.00. The van der Waals surface area contributed by atoms with E-state index < -0.39 is 0 Å². The number of nitrogens with one attached hydrogen (secondary N) is 1. The van der Waals surface area contributed by atoms with Crippen molar-refractivity contribution in [3.05, 3.63) is 48.5 Å². The van der Waals surface area contributed by atoms with E-state index in [1.165, 1.54) is 11.8 Å². The molecular formula is C15H15N5OS. The third-order valence-corrected chi connectivity index (χ3v) is 4.17. The second-order valence-electron chi connectivity index (χ2n) is 4.58. The molecule has 0 spiro atoms. The number of H-pyrrole nitrogens is 1. The number of Topliss-reactive ketones (excluding diaryl/α,β-unsaturated/α-hetero) is 1. The van der Waals surface area contributed by atoms with E-state index >= 15 is 0 Å². The molecule has 6 nitrogen and oxygen atoms in total. The van der Waals surface area contributed by atoms with Gasteiger partial charge in [-0.25, -0.2) is 0 Å². The van der Waals surface area contributed by atoms with Crippen LogP contribution in [-0.4, -0.2) is 36.3 Å².